The first kappa shape index (κ1) is 16.4. The zero-order valence-corrected chi connectivity index (χ0v) is 13.0. The number of nitrogens with zero attached hydrogens (tertiary/aromatic N) is 2. The molecule has 0 radical (unpaired) electrons. The van der Waals surface area contributed by atoms with Gasteiger partial charge < -0.3 is 16.4 Å². The molecule has 0 atom stereocenters. The maximum atomic E-state index is 12.1. The molecule has 120 valence electrons. The Hall–Kier alpha value is -2.96. The number of aromatic nitrogens is 2. The largest absolute Gasteiger partial charge is 0.382 e. The van der Waals surface area contributed by atoms with Crippen LogP contribution in [-0.2, 0) is 4.79 Å². The van der Waals surface area contributed by atoms with Crippen molar-refractivity contribution in [1.29, 1.82) is 0 Å². The highest BCUT2D eigenvalue weighted by molar-refractivity contribution is 6.05. The Kier molecular flexibility index (Phi) is 5.24. The molecule has 0 saturated carbocycles. The fourth-order valence-electron chi connectivity index (χ4n) is 1.93. The van der Waals surface area contributed by atoms with E-state index >= 15 is 0 Å². The molecule has 0 unspecified atom stereocenters. The SMILES string of the molecule is CC(C)CC(=O)Nc1ccc(NC(=O)c2nccnc2N)cc1. The summed E-state index contributed by atoms with van der Waals surface area (Å²) in [6.45, 7) is 3.97. The normalized spacial score (nSPS) is 10.4. The Morgan fingerprint density at radius 3 is 2.17 bits per heavy atom. The minimum atomic E-state index is -0.438. The van der Waals surface area contributed by atoms with Crippen molar-refractivity contribution in [3.05, 3.63) is 42.4 Å². The van der Waals surface area contributed by atoms with E-state index in [4.69, 9.17) is 5.73 Å². The van der Waals surface area contributed by atoms with Crippen LogP contribution in [0, 0.1) is 5.92 Å². The van der Waals surface area contributed by atoms with Crippen molar-refractivity contribution in [2.45, 2.75) is 20.3 Å². The maximum Gasteiger partial charge on any atom is 0.278 e. The molecule has 4 N–H and O–H groups in total. The van der Waals surface area contributed by atoms with Crippen LogP contribution < -0.4 is 16.4 Å². The fraction of sp³-hybridized carbons (Fsp3) is 0.250. The molecule has 2 rings (SSSR count). The Morgan fingerprint density at radius 2 is 1.61 bits per heavy atom. The first-order chi connectivity index (χ1) is 11.0. The van der Waals surface area contributed by atoms with Gasteiger partial charge in [-0.25, -0.2) is 9.97 Å². The van der Waals surface area contributed by atoms with E-state index in [0.29, 0.717) is 23.7 Å². The summed E-state index contributed by atoms with van der Waals surface area (Å²) in [5.74, 6) is -0.107. The lowest BCUT2D eigenvalue weighted by Crippen LogP contribution is -2.17. The number of nitrogen functional groups attached to an aromatic ring is 1. The van der Waals surface area contributed by atoms with Gasteiger partial charge in [-0.3, -0.25) is 9.59 Å². The summed E-state index contributed by atoms with van der Waals surface area (Å²) in [6, 6.07) is 6.81. The molecular weight excluding hydrogens is 294 g/mol. The van der Waals surface area contributed by atoms with Crippen molar-refractivity contribution >= 4 is 29.0 Å². The second-order valence-corrected chi connectivity index (χ2v) is 5.47. The van der Waals surface area contributed by atoms with Crippen LogP contribution in [0.25, 0.3) is 0 Å². The van der Waals surface area contributed by atoms with E-state index in [1.807, 2.05) is 13.8 Å². The summed E-state index contributed by atoms with van der Waals surface area (Å²) in [5.41, 5.74) is 6.93. The third kappa shape index (κ3) is 4.77. The molecule has 0 saturated heterocycles. The fourth-order valence-corrected chi connectivity index (χ4v) is 1.93. The molecule has 0 aliphatic rings. The smallest absolute Gasteiger partial charge is 0.278 e. The van der Waals surface area contributed by atoms with E-state index in [2.05, 4.69) is 20.6 Å². The van der Waals surface area contributed by atoms with Gasteiger partial charge in [0.2, 0.25) is 5.91 Å². The molecule has 1 aromatic heterocycles. The first-order valence-electron chi connectivity index (χ1n) is 7.23. The number of nitrogens with two attached hydrogens (primary N) is 1. The van der Waals surface area contributed by atoms with Gasteiger partial charge in [0, 0.05) is 30.2 Å². The van der Waals surface area contributed by atoms with Crippen molar-refractivity contribution in [1.82, 2.24) is 9.97 Å². The molecule has 1 aromatic carbocycles. The average molecular weight is 313 g/mol. The van der Waals surface area contributed by atoms with Crippen LogP contribution in [0.3, 0.4) is 0 Å². The monoisotopic (exact) mass is 313 g/mol. The molecule has 2 aromatic rings. The molecule has 0 aliphatic heterocycles. The third-order valence-electron chi connectivity index (χ3n) is 2.96. The van der Waals surface area contributed by atoms with Crippen LogP contribution in [0.1, 0.15) is 30.8 Å². The Bertz CT molecular complexity index is 698. The third-order valence-corrected chi connectivity index (χ3v) is 2.96. The molecule has 0 fully saturated rings. The zero-order valence-electron chi connectivity index (χ0n) is 13.0. The Balaban J connectivity index is 1.99. The number of nitrogens with one attached hydrogen (secondary N) is 2. The predicted molar refractivity (Wildman–Crippen MR) is 88.9 cm³/mol. The Morgan fingerprint density at radius 1 is 1.04 bits per heavy atom. The van der Waals surface area contributed by atoms with Crippen LogP contribution in [0.4, 0.5) is 17.2 Å². The lowest BCUT2D eigenvalue weighted by molar-refractivity contribution is -0.116. The first-order valence-corrected chi connectivity index (χ1v) is 7.23. The highest BCUT2D eigenvalue weighted by Crippen LogP contribution is 2.16. The van der Waals surface area contributed by atoms with Crippen molar-refractivity contribution in [2.75, 3.05) is 16.4 Å². The quantitative estimate of drug-likeness (QED) is 0.784. The van der Waals surface area contributed by atoms with Crippen LogP contribution in [-0.4, -0.2) is 21.8 Å². The Labute approximate surface area is 134 Å². The molecule has 0 spiro atoms. The number of amides is 2. The summed E-state index contributed by atoms with van der Waals surface area (Å²) in [4.78, 5) is 31.5. The van der Waals surface area contributed by atoms with Crippen LogP contribution in [0.15, 0.2) is 36.7 Å². The highest BCUT2D eigenvalue weighted by Gasteiger charge is 2.12. The summed E-state index contributed by atoms with van der Waals surface area (Å²) in [6.07, 6.45) is 3.28. The van der Waals surface area contributed by atoms with E-state index in [1.54, 1.807) is 24.3 Å². The van der Waals surface area contributed by atoms with Crippen LogP contribution in [0.2, 0.25) is 0 Å². The van der Waals surface area contributed by atoms with Gasteiger partial charge in [0.15, 0.2) is 11.5 Å². The van der Waals surface area contributed by atoms with Crippen molar-refractivity contribution in [2.24, 2.45) is 5.92 Å². The molecule has 1 heterocycles. The van der Waals surface area contributed by atoms with E-state index in [0.717, 1.165) is 0 Å². The lowest BCUT2D eigenvalue weighted by atomic mass is 10.1. The standard InChI is InChI=1S/C16H19N5O2/c1-10(2)9-13(22)20-11-3-5-12(6-4-11)21-16(23)14-15(17)19-8-7-18-14/h3-8,10H,9H2,1-2H3,(H2,17,19)(H,20,22)(H,21,23). The van der Waals surface area contributed by atoms with Gasteiger partial charge in [0.25, 0.3) is 5.91 Å². The molecule has 23 heavy (non-hydrogen) atoms. The molecule has 0 aliphatic carbocycles. The molecule has 0 bridgehead atoms. The van der Waals surface area contributed by atoms with Gasteiger partial charge in [-0.1, -0.05) is 13.8 Å². The van der Waals surface area contributed by atoms with E-state index in [1.165, 1.54) is 12.4 Å². The number of benzene rings is 1. The number of carbonyl (C=O) groups is 2. The topological polar surface area (TPSA) is 110 Å². The van der Waals surface area contributed by atoms with Crippen molar-refractivity contribution in [3.63, 3.8) is 0 Å². The molecule has 7 heteroatoms. The molecule has 7 nitrogen and oxygen atoms in total. The number of hydrogen-bond donors (Lipinski definition) is 3. The van der Waals surface area contributed by atoms with E-state index in [-0.39, 0.29) is 17.4 Å². The van der Waals surface area contributed by atoms with Gasteiger partial charge in [0.1, 0.15) is 0 Å². The minimum Gasteiger partial charge on any atom is -0.382 e. The summed E-state index contributed by atoms with van der Waals surface area (Å²) >= 11 is 0. The predicted octanol–water partition coefficient (Wildman–Crippen LogP) is 2.30. The number of anilines is 3. The zero-order chi connectivity index (χ0) is 16.8. The van der Waals surface area contributed by atoms with E-state index < -0.39 is 5.91 Å². The van der Waals surface area contributed by atoms with Gasteiger partial charge in [-0.15, -0.1) is 0 Å². The van der Waals surface area contributed by atoms with Crippen molar-refractivity contribution in [3.8, 4) is 0 Å². The van der Waals surface area contributed by atoms with Gasteiger partial charge in [-0.05, 0) is 30.2 Å². The summed E-state index contributed by atoms with van der Waals surface area (Å²) in [7, 11) is 0. The van der Waals surface area contributed by atoms with Crippen LogP contribution in [0.5, 0.6) is 0 Å². The second-order valence-electron chi connectivity index (χ2n) is 5.47. The number of hydrogen-bond acceptors (Lipinski definition) is 5. The molecular formula is C16H19N5O2. The maximum absolute atomic E-state index is 12.1. The second kappa shape index (κ2) is 7.35. The van der Waals surface area contributed by atoms with E-state index in [9.17, 15) is 9.59 Å². The average Bonchev–Trinajstić information content (AvgIpc) is 2.48. The summed E-state index contributed by atoms with van der Waals surface area (Å²) < 4.78 is 0. The summed E-state index contributed by atoms with van der Waals surface area (Å²) in [5, 5.41) is 5.48. The van der Waals surface area contributed by atoms with Gasteiger partial charge >= 0.3 is 0 Å². The number of carbonyl (C=O) groups excluding carboxylic acids is 2. The van der Waals surface area contributed by atoms with Gasteiger partial charge in [0.05, 0.1) is 0 Å². The van der Waals surface area contributed by atoms with Crippen LogP contribution >= 0.6 is 0 Å². The number of rotatable bonds is 5. The molecule has 2 amide bonds. The van der Waals surface area contributed by atoms with Crippen molar-refractivity contribution < 1.29 is 9.59 Å². The minimum absolute atomic E-state index is 0.0379. The van der Waals surface area contributed by atoms with Gasteiger partial charge in [-0.2, -0.15) is 0 Å². The lowest BCUT2D eigenvalue weighted by Gasteiger charge is -2.09. The highest BCUT2D eigenvalue weighted by atomic mass is 16.2.